The minimum absolute atomic E-state index is 0.0445. The second kappa shape index (κ2) is 9.11. The maximum Gasteiger partial charge on any atom is 0.269 e. The molecule has 0 radical (unpaired) electrons. The van der Waals surface area contributed by atoms with Crippen LogP contribution in [0.1, 0.15) is 11.5 Å². The first-order valence-electron chi connectivity index (χ1n) is 10.4. The van der Waals surface area contributed by atoms with Crippen molar-refractivity contribution >= 4 is 28.4 Å². The zero-order valence-corrected chi connectivity index (χ0v) is 19.0. The molecule has 0 saturated carbocycles. The van der Waals surface area contributed by atoms with Gasteiger partial charge in [-0.25, -0.2) is 9.37 Å². The maximum atomic E-state index is 14.3. The summed E-state index contributed by atoms with van der Waals surface area (Å²) in [6.45, 7) is 1.65. The Morgan fingerprint density at radius 1 is 1.09 bits per heavy atom. The zero-order chi connectivity index (χ0) is 24.5. The van der Waals surface area contributed by atoms with Crippen LogP contribution in [0.3, 0.4) is 0 Å². The first kappa shape index (κ1) is 22.4. The van der Waals surface area contributed by atoms with Crippen molar-refractivity contribution in [3.8, 4) is 17.1 Å². The molecule has 0 aliphatic carbocycles. The van der Waals surface area contributed by atoms with Crippen LogP contribution in [0.2, 0.25) is 0 Å². The lowest BCUT2D eigenvalue weighted by molar-refractivity contribution is -0.384. The van der Waals surface area contributed by atoms with Gasteiger partial charge in [0.25, 0.3) is 11.2 Å². The van der Waals surface area contributed by atoms with Crippen molar-refractivity contribution in [3.05, 3.63) is 104 Å². The van der Waals surface area contributed by atoms with E-state index in [0.717, 1.165) is 0 Å². The lowest BCUT2D eigenvalue weighted by Crippen LogP contribution is -2.22. The number of hydrogen-bond acceptors (Lipinski definition) is 8. The van der Waals surface area contributed by atoms with Gasteiger partial charge >= 0.3 is 0 Å². The fraction of sp³-hybridized carbons (Fsp3) is 0.0833. The van der Waals surface area contributed by atoms with Gasteiger partial charge in [-0.15, -0.1) is 10.2 Å². The molecule has 0 atom stereocenters. The fourth-order valence-corrected chi connectivity index (χ4v) is 4.29. The molecule has 11 heteroatoms. The predicted octanol–water partition coefficient (Wildman–Crippen LogP) is 5.08. The molecule has 0 fully saturated rings. The van der Waals surface area contributed by atoms with Gasteiger partial charge in [0.2, 0.25) is 11.8 Å². The van der Waals surface area contributed by atoms with E-state index in [1.807, 2.05) is 0 Å². The molecule has 0 aliphatic rings. The lowest BCUT2D eigenvalue weighted by atomic mass is 10.2. The van der Waals surface area contributed by atoms with Gasteiger partial charge in [0.1, 0.15) is 5.82 Å². The Morgan fingerprint density at radius 2 is 1.86 bits per heavy atom. The molecule has 0 unspecified atom stereocenters. The topological polar surface area (TPSA) is 117 Å². The van der Waals surface area contributed by atoms with Crippen molar-refractivity contribution in [2.45, 2.75) is 17.8 Å². The molecule has 0 N–H and O–H groups in total. The monoisotopic (exact) mass is 489 g/mol. The third-order valence-corrected chi connectivity index (χ3v) is 6.20. The molecule has 5 rings (SSSR count). The van der Waals surface area contributed by atoms with Gasteiger partial charge in [0.15, 0.2) is 5.16 Å². The number of nitrogens with zero attached hydrogens (tertiary/aromatic N) is 5. The number of hydrogen-bond donors (Lipinski definition) is 0. The van der Waals surface area contributed by atoms with Crippen LogP contribution in [0.4, 0.5) is 10.1 Å². The summed E-state index contributed by atoms with van der Waals surface area (Å²) >= 11 is 1.19. The van der Waals surface area contributed by atoms with Gasteiger partial charge in [-0.3, -0.25) is 19.5 Å². The van der Waals surface area contributed by atoms with Gasteiger partial charge in [-0.1, -0.05) is 30.0 Å². The fourth-order valence-electron chi connectivity index (χ4n) is 3.44. The number of fused-ring (bicyclic) bond motifs is 1. The van der Waals surface area contributed by atoms with Crippen LogP contribution in [0.15, 0.2) is 81.1 Å². The minimum atomic E-state index is -0.490. The average molecular weight is 489 g/mol. The third kappa shape index (κ3) is 4.41. The van der Waals surface area contributed by atoms with Gasteiger partial charge in [-0.2, -0.15) is 0 Å². The van der Waals surface area contributed by atoms with Crippen LogP contribution in [0, 0.1) is 22.9 Å². The molecule has 174 valence electrons. The Bertz CT molecular complexity index is 1630. The van der Waals surface area contributed by atoms with E-state index in [1.165, 1.54) is 46.7 Å². The number of rotatable bonds is 6. The summed E-state index contributed by atoms with van der Waals surface area (Å²) in [6.07, 6.45) is 0. The van der Waals surface area contributed by atoms with Crippen LogP contribution in [0.5, 0.6) is 0 Å². The van der Waals surface area contributed by atoms with Crippen molar-refractivity contribution < 1.29 is 13.7 Å². The van der Waals surface area contributed by atoms with Crippen LogP contribution in [0.25, 0.3) is 28.0 Å². The summed E-state index contributed by atoms with van der Waals surface area (Å²) in [5.41, 5.74) is 1.51. The first-order valence-corrected chi connectivity index (χ1v) is 11.4. The smallest absolute Gasteiger partial charge is 0.269 e. The summed E-state index contributed by atoms with van der Waals surface area (Å²) in [5, 5.41) is 19.6. The standard InChI is InChI=1S/C24H16FN5O4S/c1-14-6-9-17(12-19(14)25)29-23(31)18-4-2-3-5-20(18)26-24(29)35-13-21-27-28-22(34-21)15-7-10-16(11-8-15)30(32)33/h2-12H,13H2,1H3. The number of nitro groups is 1. The number of non-ortho nitro benzene ring substituents is 1. The highest BCUT2D eigenvalue weighted by atomic mass is 32.2. The maximum absolute atomic E-state index is 14.3. The largest absolute Gasteiger partial charge is 0.420 e. The summed E-state index contributed by atoms with van der Waals surface area (Å²) in [4.78, 5) is 28.3. The van der Waals surface area contributed by atoms with E-state index < -0.39 is 10.7 Å². The van der Waals surface area contributed by atoms with Crippen LogP contribution < -0.4 is 5.56 Å². The third-order valence-electron chi connectivity index (χ3n) is 5.28. The molecular formula is C24H16FN5O4S. The molecule has 0 aliphatic heterocycles. The van der Waals surface area contributed by atoms with Crippen LogP contribution in [-0.4, -0.2) is 24.7 Å². The second-order valence-electron chi connectivity index (χ2n) is 7.58. The zero-order valence-electron chi connectivity index (χ0n) is 18.2. The first-order chi connectivity index (χ1) is 16.9. The Kier molecular flexibility index (Phi) is 5.83. The van der Waals surface area contributed by atoms with E-state index in [2.05, 4.69) is 15.2 Å². The van der Waals surface area contributed by atoms with Gasteiger partial charge in [-0.05, 0) is 48.9 Å². The molecule has 0 bridgehead atoms. The quantitative estimate of drug-likeness (QED) is 0.140. The Labute approximate surface area is 201 Å². The second-order valence-corrected chi connectivity index (χ2v) is 8.52. The number of nitro benzene ring substituents is 1. The number of aryl methyl sites for hydroxylation is 1. The molecule has 9 nitrogen and oxygen atoms in total. The summed E-state index contributed by atoms with van der Waals surface area (Å²) in [5.74, 6) is 0.245. The van der Waals surface area contributed by atoms with Gasteiger partial charge in [0.05, 0.1) is 27.3 Å². The molecule has 3 aromatic carbocycles. The minimum Gasteiger partial charge on any atom is -0.420 e. The molecule has 2 aromatic heterocycles. The Morgan fingerprint density at radius 3 is 2.60 bits per heavy atom. The van der Waals surface area contributed by atoms with Crippen molar-refractivity contribution in [1.82, 2.24) is 19.7 Å². The predicted molar refractivity (Wildman–Crippen MR) is 128 cm³/mol. The SMILES string of the molecule is Cc1ccc(-n2c(SCc3nnc(-c4ccc([N+](=O)[O-])cc4)o3)nc3ccccc3c2=O)cc1F. The van der Waals surface area contributed by atoms with E-state index in [1.54, 1.807) is 43.3 Å². The van der Waals surface area contributed by atoms with Crippen molar-refractivity contribution in [1.29, 1.82) is 0 Å². The number of benzene rings is 3. The normalized spacial score (nSPS) is 11.1. The van der Waals surface area contributed by atoms with E-state index in [9.17, 15) is 19.3 Å². The highest BCUT2D eigenvalue weighted by Crippen LogP contribution is 2.27. The van der Waals surface area contributed by atoms with E-state index in [4.69, 9.17) is 4.42 Å². The van der Waals surface area contributed by atoms with Gasteiger partial charge in [0, 0.05) is 17.7 Å². The lowest BCUT2D eigenvalue weighted by Gasteiger charge is -2.13. The van der Waals surface area contributed by atoms with Crippen molar-refractivity contribution in [3.63, 3.8) is 0 Å². The molecule has 0 spiro atoms. The molecule has 5 aromatic rings. The molecule has 0 saturated heterocycles. The summed E-state index contributed by atoms with van der Waals surface area (Å²) < 4.78 is 21.4. The van der Waals surface area contributed by atoms with E-state index in [-0.39, 0.29) is 28.8 Å². The number of para-hydroxylation sites is 1. The Balaban J connectivity index is 1.48. The molecule has 2 heterocycles. The van der Waals surface area contributed by atoms with Crippen molar-refractivity contribution in [2.24, 2.45) is 0 Å². The highest BCUT2D eigenvalue weighted by Gasteiger charge is 2.17. The van der Waals surface area contributed by atoms with Crippen molar-refractivity contribution in [2.75, 3.05) is 0 Å². The molecule has 35 heavy (non-hydrogen) atoms. The summed E-state index contributed by atoms with van der Waals surface area (Å²) in [6, 6.07) is 17.3. The molecular weight excluding hydrogens is 473 g/mol. The Hall–Kier alpha value is -4.38. The number of halogens is 1. The average Bonchev–Trinajstić information content (AvgIpc) is 3.34. The summed E-state index contributed by atoms with van der Waals surface area (Å²) in [7, 11) is 0. The molecule has 0 amide bonds. The van der Waals surface area contributed by atoms with E-state index >= 15 is 0 Å². The highest BCUT2D eigenvalue weighted by molar-refractivity contribution is 7.98. The van der Waals surface area contributed by atoms with Crippen LogP contribution in [-0.2, 0) is 5.75 Å². The van der Waals surface area contributed by atoms with Crippen LogP contribution >= 0.6 is 11.8 Å². The number of thioether (sulfide) groups is 1. The van der Waals surface area contributed by atoms with Gasteiger partial charge < -0.3 is 4.42 Å². The number of aromatic nitrogens is 4. The van der Waals surface area contributed by atoms with E-state index in [0.29, 0.717) is 32.9 Å².